The van der Waals surface area contributed by atoms with Crippen molar-refractivity contribution < 1.29 is 4.79 Å². The lowest BCUT2D eigenvalue weighted by Gasteiger charge is -2.21. The summed E-state index contributed by atoms with van der Waals surface area (Å²) in [4.78, 5) is 15.6. The van der Waals surface area contributed by atoms with E-state index < -0.39 is 0 Å². The standard InChI is InChI=1S/C15H22N6O/c16-9-14-2-1-7-20(14)15(22)10-17-13-4-3-12(8-13)11-21-18-5-6-19-21/h5-6,12-14,17H,1-4,7-8,10-11H2/t12-,13+,14+/m1/s1. The molecule has 1 aliphatic heterocycles. The van der Waals surface area contributed by atoms with Crippen molar-refractivity contribution in [2.45, 2.75) is 50.7 Å². The van der Waals surface area contributed by atoms with Crippen molar-refractivity contribution in [3.8, 4) is 6.07 Å². The van der Waals surface area contributed by atoms with Gasteiger partial charge in [-0.2, -0.15) is 20.3 Å². The molecule has 7 nitrogen and oxygen atoms in total. The summed E-state index contributed by atoms with van der Waals surface area (Å²) in [7, 11) is 0. The number of carbonyl (C=O) groups is 1. The van der Waals surface area contributed by atoms with Gasteiger partial charge in [0.15, 0.2) is 0 Å². The Morgan fingerprint density at radius 2 is 2.14 bits per heavy atom. The van der Waals surface area contributed by atoms with Gasteiger partial charge < -0.3 is 10.2 Å². The Bertz CT molecular complexity index is 537. The van der Waals surface area contributed by atoms with Crippen LogP contribution in [0.1, 0.15) is 32.1 Å². The summed E-state index contributed by atoms with van der Waals surface area (Å²) in [5.41, 5.74) is 0. The molecule has 2 fully saturated rings. The molecular weight excluding hydrogens is 280 g/mol. The van der Waals surface area contributed by atoms with Crippen LogP contribution in [0.2, 0.25) is 0 Å². The van der Waals surface area contributed by atoms with Gasteiger partial charge in [-0.05, 0) is 38.0 Å². The van der Waals surface area contributed by atoms with Crippen molar-refractivity contribution in [2.24, 2.45) is 5.92 Å². The quantitative estimate of drug-likeness (QED) is 0.858. The van der Waals surface area contributed by atoms with Gasteiger partial charge in [-0.25, -0.2) is 0 Å². The van der Waals surface area contributed by atoms with Crippen LogP contribution in [0, 0.1) is 17.2 Å². The molecule has 0 radical (unpaired) electrons. The fraction of sp³-hybridized carbons (Fsp3) is 0.733. The molecular formula is C15H22N6O. The normalized spacial score (nSPS) is 28.0. The fourth-order valence-electron chi connectivity index (χ4n) is 3.53. The number of nitriles is 1. The highest BCUT2D eigenvalue weighted by Crippen LogP contribution is 2.26. The molecule has 1 aromatic heterocycles. The predicted molar refractivity (Wildman–Crippen MR) is 79.5 cm³/mol. The molecule has 1 aromatic rings. The van der Waals surface area contributed by atoms with Crippen molar-refractivity contribution in [3.05, 3.63) is 12.4 Å². The summed E-state index contributed by atoms with van der Waals surface area (Å²) in [6.07, 6.45) is 8.42. The zero-order chi connectivity index (χ0) is 15.4. The van der Waals surface area contributed by atoms with Crippen LogP contribution in [0.15, 0.2) is 12.4 Å². The zero-order valence-electron chi connectivity index (χ0n) is 12.7. The summed E-state index contributed by atoms with van der Waals surface area (Å²) in [6, 6.07) is 2.37. The van der Waals surface area contributed by atoms with Crippen LogP contribution in [-0.4, -0.2) is 51.0 Å². The van der Waals surface area contributed by atoms with Crippen LogP contribution in [0.25, 0.3) is 0 Å². The van der Waals surface area contributed by atoms with E-state index >= 15 is 0 Å². The molecule has 2 heterocycles. The number of likely N-dealkylation sites (tertiary alicyclic amines) is 1. The van der Waals surface area contributed by atoms with Gasteiger partial charge in [0.2, 0.25) is 5.91 Å². The van der Waals surface area contributed by atoms with Gasteiger partial charge in [0, 0.05) is 12.6 Å². The Balaban J connectivity index is 1.41. The minimum atomic E-state index is -0.225. The monoisotopic (exact) mass is 302 g/mol. The molecule has 1 saturated carbocycles. The molecule has 7 heteroatoms. The molecule has 3 rings (SSSR count). The number of hydrogen-bond donors (Lipinski definition) is 1. The Kier molecular flexibility index (Phi) is 4.68. The van der Waals surface area contributed by atoms with Crippen LogP contribution in [-0.2, 0) is 11.3 Å². The van der Waals surface area contributed by atoms with Gasteiger partial charge >= 0.3 is 0 Å². The van der Waals surface area contributed by atoms with Crippen molar-refractivity contribution in [3.63, 3.8) is 0 Å². The Morgan fingerprint density at radius 3 is 2.91 bits per heavy atom. The van der Waals surface area contributed by atoms with Gasteiger partial charge in [0.1, 0.15) is 6.04 Å². The topological polar surface area (TPSA) is 86.8 Å². The molecule has 0 unspecified atom stereocenters. The van der Waals surface area contributed by atoms with Crippen molar-refractivity contribution >= 4 is 5.91 Å². The lowest BCUT2D eigenvalue weighted by Crippen LogP contribution is -2.42. The van der Waals surface area contributed by atoms with Crippen molar-refractivity contribution in [1.82, 2.24) is 25.2 Å². The van der Waals surface area contributed by atoms with Gasteiger partial charge in [-0.3, -0.25) is 4.79 Å². The molecule has 1 amide bonds. The number of aromatic nitrogens is 3. The SMILES string of the molecule is N#C[C@@H]1CCCN1C(=O)CN[C@H]1CC[C@@H](Cn2nccn2)C1. The molecule has 22 heavy (non-hydrogen) atoms. The Morgan fingerprint density at radius 1 is 1.32 bits per heavy atom. The summed E-state index contributed by atoms with van der Waals surface area (Å²) in [5, 5.41) is 20.7. The van der Waals surface area contributed by atoms with E-state index in [1.165, 1.54) is 0 Å². The first-order valence-corrected chi connectivity index (χ1v) is 8.03. The van der Waals surface area contributed by atoms with Gasteiger partial charge in [0.05, 0.1) is 31.6 Å². The average molecular weight is 302 g/mol. The van der Waals surface area contributed by atoms with Crippen LogP contribution in [0.3, 0.4) is 0 Å². The Labute approximate surface area is 130 Å². The minimum Gasteiger partial charge on any atom is -0.326 e. The second-order valence-corrected chi connectivity index (χ2v) is 6.22. The number of nitrogens with zero attached hydrogens (tertiary/aromatic N) is 5. The Hall–Kier alpha value is -1.94. The molecule has 1 N–H and O–H groups in total. The zero-order valence-corrected chi connectivity index (χ0v) is 12.7. The molecule has 0 aromatic carbocycles. The van der Waals surface area contributed by atoms with Gasteiger partial charge in [0.25, 0.3) is 0 Å². The highest BCUT2D eigenvalue weighted by molar-refractivity contribution is 5.79. The maximum absolute atomic E-state index is 12.2. The summed E-state index contributed by atoms with van der Waals surface area (Å²) >= 11 is 0. The number of carbonyl (C=O) groups excluding carboxylic acids is 1. The smallest absolute Gasteiger partial charge is 0.237 e. The van der Waals surface area contributed by atoms with E-state index in [2.05, 4.69) is 21.6 Å². The minimum absolute atomic E-state index is 0.0567. The van der Waals surface area contributed by atoms with Crippen LogP contribution in [0.4, 0.5) is 0 Å². The number of rotatable bonds is 5. The molecule has 3 atom stereocenters. The van der Waals surface area contributed by atoms with E-state index in [0.717, 1.165) is 45.2 Å². The highest BCUT2D eigenvalue weighted by Gasteiger charge is 2.30. The molecule has 0 spiro atoms. The lowest BCUT2D eigenvalue weighted by atomic mass is 10.1. The van der Waals surface area contributed by atoms with Crippen LogP contribution < -0.4 is 5.32 Å². The number of amides is 1. The van der Waals surface area contributed by atoms with E-state index in [9.17, 15) is 4.79 Å². The van der Waals surface area contributed by atoms with E-state index in [-0.39, 0.29) is 11.9 Å². The van der Waals surface area contributed by atoms with E-state index in [1.54, 1.807) is 22.1 Å². The fourth-order valence-corrected chi connectivity index (χ4v) is 3.53. The molecule has 2 aliphatic rings. The highest BCUT2D eigenvalue weighted by atomic mass is 16.2. The van der Waals surface area contributed by atoms with Crippen molar-refractivity contribution in [2.75, 3.05) is 13.1 Å². The molecule has 1 saturated heterocycles. The van der Waals surface area contributed by atoms with Crippen LogP contribution >= 0.6 is 0 Å². The molecule has 118 valence electrons. The number of nitrogens with one attached hydrogen (secondary N) is 1. The first kappa shape index (κ1) is 15.0. The average Bonchev–Trinajstić information content (AvgIpc) is 3.26. The van der Waals surface area contributed by atoms with E-state index in [4.69, 9.17) is 5.26 Å². The van der Waals surface area contributed by atoms with Crippen LogP contribution in [0.5, 0.6) is 0 Å². The van der Waals surface area contributed by atoms with Crippen molar-refractivity contribution in [1.29, 1.82) is 5.26 Å². The molecule has 1 aliphatic carbocycles. The third kappa shape index (κ3) is 3.45. The third-order valence-corrected chi connectivity index (χ3v) is 4.69. The maximum atomic E-state index is 12.2. The summed E-state index contributed by atoms with van der Waals surface area (Å²) < 4.78 is 0. The molecule has 0 bridgehead atoms. The van der Waals surface area contributed by atoms with Gasteiger partial charge in [-0.15, -0.1) is 0 Å². The largest absolute Gasteiger partial charge is 0.326 e. The predicted octanol–water partition coefficient (Wildman–Crippen LogP) is 0.551. The number of hydrogen-bond acceptors (Lipinski definition) is 5. The van der Waals surface area contributed by atoms with E-state index in [1.807, 2.05) is 0 Å². The first-order chi connectivity index (χ1) is 10.8. The summed E-state index contributed by atoms with van der Waals surface area (Å²) in [6.45, 7) is 1.91. The van der Waals surface area contributed by atoms with Gasteiger partial charge in [-0.1, -0.05) is 0 Å². The second kappa shape index (κ2) is 6.88. The maximum Gasteiger partial charge on any atom is 0.237 e. The first-order valence-electron chi connectivity index (χ1n) is 8.03. The third-order valence-electron chi connectivity index (χ3n) is 4.69. The second-order valence-electron chi connectivity index (χ2n) is 6.22. The lowest BCUT2D eigenvalue weighted by molar-refractivity contribution is -0.130. The van der Waals surface area contributed by atoms with E-state index in [0.29, 0.717) is 18.5 Å². The summed E-state index contributed by atoms with van der Waals surface area (Å²) in [5.74, 6) is 0.625.